The van der Waals surface area contributed by atoms with Gasteiger partial charge in [-0.15, -0.1) is 0 Å². The summed E-state index contributed by atoms with van der Waals surface area (Å²) in [6, 6.07) is 12.2. The second kappa shape index (κ2) is 9.10. The average Bonchev–Trinajstić information content (AvgIpc) is 2.62. The van der Waals surface area contributed by atoms with E-state index in [1.54, 1.807) is 36.4 Å². The highest BCUT2D eigenvalue weighted by atomic mass is 35.5. The number of benzene rings is 2. The molecule has 2 rings (SSSR count). The van der Waals surface area contributed by atoms with Gasteiger partial charge in [0.25, 0.3) is 5.91 Å². The summed E-state index contributed by atoms with van der Waals surface area (Å²) in [5.74, 6) is -0.256. The van der Waals surface area contributed by atoms with Crippen LogP contribution in [0.15, 0.2) is 42.5 Å². The lowest BCUT2D eigenvalue weighted by Gasteiger charge is -2.15. The maximum Gasteiger partial charge on any atom is 0.344 e. The minimum Gasteiger partial charge on any atom is -0.495 e. The van der Waals surface area contributed by atoms with Gasteiger partial charge in [-0.1, -0.05) is 29.8 Å². The standard InChI is InChI=1S/C19H20ClNO5/c1-12-8-9-14(20)17(10-12)25-11-18(22)26-13(2)19(23)21-15-6-4-5-7-16(15)24-3/h4-10,13H,11H2,1-3H3,(H,21,23)/t13-/m1/s1. The number of aryl methyl sites for hydroxylation is 1. The number of esters is 1. The first-order chi connectivity index (χ1) is 12.4. The van der Waals surface area contributed by atoms with Crippen LogP contribution in [0.25, 0.3) is 0 Å². The minimum atomic E-state index is -0.996. The van der Waals surface area contributed by atoms with Crippen LogP contribution in [0.2, 0.25) is 5.02 Å². The zero-order valence-electron chi connectivity index (χ0n) is 14.7. The molecule has 1 atom stereocenters. The van der Waals surface area contributed by atoms with Crippen LogP contribution in [-0.4, -0.2) is 31.7 Å². The molecule has 0 aliphatic carbocycles. The van der Waals surface area contributed by atoms with Crippen molar-refractivity contribution >= 4 is 29.2 Å². The number of anilines is 1. The Morgan fingerprint density at radius 2 is 1.88 bits per heavy atom. The van der Waals surface area contributed by atoms with Crippen molar-refractivity contribution in [3.8, 4) is 11.5 Å². The summed E-state index contributed by atoms with van der Waals surface area (Å²) in [7, 11) is 1.50. The van der Waals surface area contributed by atoms with Gasteiger partial charge in [-0.2, -0.15) is 0 Å². The van der Waals surface area contributed by atoms with E-state index in [-0.39, 0.29) is 6.61 Å². The molecule has 138 valence electrons. The molecule has 0 saturated carbocycles. The number of hydrogen-bond donors (Lipinski definition) is 1. The highest BCUT2D eigenvalue weighted by Gasteiger charge is 2.19. The normalized spacial score (nSPS) is 11.4. The Kier molecular flexibility index (Phi) is 6.86. The number of amides is 1. The summed E-state index contributed by atoms with van der Waals surface area (Å²) in [6.45, 7) is 3.00. The van der Waals surface area contributed by atoms with Gasteiger partial charge in [0, 0.05) is 0 Å². The van der Waals surface area contributed by atoms with Crippen LogP contribution in [0.4, 0.5) is 5.69 Å². The van der Waals surface area contributed by atoms with Gasteiger partial charge >= 0.3 is 5.97 Å². The maximum atomic E-state index is 12.2. The lowest BCUT2D eigenvalue weighted by Crippen LogP contribution is -2.31. The topological polar surface area (TPSA) is 73.9 Å². The number of carbonyl (C=O) groups excluding carboxylic acids is 2. The zero-order chi connectivity index (χ0) is 19.1. The predicted octanol–water partition coefficient (Wildman–Crippen LogP) is 3.61. The number of nitrogens with one attached hydrogen (secondary N) is 1. The minimum absolute atomic E-state index is 0.352. The first-order valence-corrected chi connectivity index (χ1v) is 8.31. The molecule has 2 aromatic carbocycles. The SMILES string of the molecule is COc1ccccc1NC(=O)[C@@H](C)OC(=O)COc1cc(C)ccc1Cl. The number of halogens is 1. The second-order valence-corrected chi connectivity index (χ2v) is 5.95. The number of rotatable bonds is 7. The molecule has 1 N–H and O–H groups in total. The molecule has 6 nitrogen and oxygen atoms in total. The Morgan fingerprint density at radius 1 is 1.15 bits per heavy atom. The molecule has 0 bridgehead atoms. The highest BCUT2D eigenvalue weighted by molar-refractivity contribution is 6.32. The molecular weight excluding hydrogens is 358 g/mol. The monoisotopic (exact) mass is 377 g/mol. The first-order valence-electron chi connectivity index (χ1n) is 7.93. The highest BCUT2D eigenvalue weighted by Crippen LogP contribution is 2.25. The maximum absolute atomic E-state index is 12.2. The Bertz CT molecular complexity index is 793. The smallest absolute Gasteiger partial charge is 0.344 e. The van der Waals surface area contributed by atoms with E-state index >= 15 is 0 Å². The van der Waals surface area contributed by atoms with E-state index in [1.165, 1.54) is 14.0 Å². The molecule has 0 aliphatic rings. The van der Waals surface area contributed by atoms with E-state index in [2.05, 4.69) is 5.32 Å². The molecule has 0 aromatic heterocycles. The number of para-hydroxylation sites is 2. The summed E-state index contributed by atoms with van der Waals surface area (Å²) >= 11 is 6.00. The summed E-state index contributed by atoms with van der Waals surface area (Å²) in [5, 5.41) is 3.05. The molecule has 0 radical (unpaired) electrons. The first kappa shape index (κ1) is 19.6. The molecule has 7 heteroatoms. The van der Waals surface area contributed by atoms with E-state index in [1.807, 2.05) is 13.0 Å². The van der Waals surface area contributed by atoms with Gasteiger partial charge in [-0.05, 0) is 43.7 Å². The molecular formula is C19H20ClNO5. The molecule has 2 aromatic rings. The Hall–Kier alpha value is -2.73. The van der Waals surface area contributed by atoms with Crippen molar-refractivity contribution in [2.75, 3.05) is 19.0 Å². The molecule has 0 heterocycles. The average molecular weight is 378 g/mol. The Labute approximate surface area is 157 Å². The number of hydrogen-bond acceptors (Lipinski definition) is 5. The number of ether oxygens (including phenoxy) is 3. The van der Waals surface area contributed by atoms with Gasteiger partial charge in [0.05, 0.1) is 17.8 Å². The zero-order valence-corrected chi connectivity index (χ0v) is 15.5. The Balaban J connectivity index is 1.88. The van der Waals surface area contributed by atoms with E-state index in [4.69, 9.17) is 25.8 Å². The van der Waals surface area contributed by atoms with Gasteiger partial charge in [-0.25, -0.2) is 4.79 Å². The molecule has 0 unspecified atom stereocenters. The molecule has 0 fully saturated rings. The van der Waals surface area contributed by atoms with Gasteiger partial charge < -0.3 is 19.5 Å². The van der Waals surface area contributed by atoms with Gasteiger partial charge in [-0.3, -0.25) is 4.79 Å². The van der Waals surface area contributed by atoms with Crippen molar-refractivity contribution in [1.82, 2.24) is 0 Å². The third-order valence-corrected chi connectivity index (χ3v) is 3.79. The van der Waals surface area contributed by atoms with Crippen LogP contribution in [0.5, 0.6) is 11.5 Å². The molecule has 0 aliphatic heterocycles. The number of methoxy groups -OCH3 is 1. The fourth-order valence-corrected chi connectivity index (χ4v) is 2.30. The number of carbonyl (C=O) groups is 2. The fourth-order valence-electron chi connectivity index (χ4n) is 2.12. The Morgan fingerprint density at radius 3 is 2.62 bits per heavy atom. The van der Waals surface area contributed by atoms with Crippen molar-refractivity contribution in [1.29, 1.82) is 0 Å². The summed E-state index contributed by atoms with van der Waals surface area (Å²) < 4.78 is 15.6. The summed E-state index contributed by atoms with van der Waals surface area (Å²) in [5.41, 5.74) is 1.44. The van der Waals surface area contributed by atoms with Crippen LogP contribution in [0, 0.1) is 6.92 Å². The predicted molar refractivity (Wildman–Crippen MR) is 98.9 cm³/mol. The second-order valence-electron chi connectivity index (χ2n) is 5.54. The van der Waals surface area contributed by atoms with Gasteiger partial charge in [0.2, 0.25) is 0 Å². The third kappa shape index (κ3) is 5.39. The van der Waals surface area contributed by atoms with Crippen molar-refractivity contribution in [3.63, 3.8) is 0 Å². The van der Waals surface area contributed by atoms with Gasteiger partial charge in [0.15, 0.2) is 12.7 Å². The summed E-state index contributed by atoms with van der Waals surface area (Å²) in [6.07, 6.45) is -0.996. The third-order valence-electron chi connectivity index (χ3n) is 3.47. The largest absolute Gasteiger partial charge is 0.495 e. The van der Waals surface area contributed by atoms with E-state index in [0.29, 0.717) is 22.2 Å². The van der Waals surface area contributed by atoms with E-state index in [9.17, 15) is 9.59 Å². The molecule has 1 amide bonds. The fraction of sp³-hybridized carbons (Fsp3) is 0.263. The van der Waals surface area contributed by atoms with E-state index < -0.39 is 18.0 Å². The van der Waals surface area contributed by atoms with Crippen LogP contribution >= 0.6 is 11.6 Å². The van der Waals surface area contributed by atoms with Crippen LogP contribution < -0.4 is 14.8 Å². The lowest BCUT2D eigenvalue weighted by atomic mass is 10.2. The van der Waals surface area contributed by atoms with Crippen LogP contribution in [0.3, 0.4) is 0 Å². The van der Waals surface area contributed by atoms with Crippen LogP contribution in [0.1, 0.15) is 12.5 Å². The van der Waals surface area contributed by atoms with Crippen molar-refractivity contribution in [2.24, 2.45) is 0 Å². The van der Waals surface area contributed by atoms with Crippen molar-refractivity contribution < 1.29 is 23.8 Å². The van der Waals surface area contributed by atoms with Crippen LogP contribution in [-0.2, 0) is 14.3 Å². The quantitative estimate of drug-likeness (QED) is 0.746. The molecule has 0 saturated heterocycles. The van der Waals surface area contributed by atoms with Crippen molar-refractivity contribution in [3.05, 3.63) is 53.1 Å². The molecule has 0 spiro atoms. The lowest BCUT2D eigenvalue weighted by molar-refractivity contribution is -0.155. The van der Waals surface area contributed by atoms with E-state index in [0.717, 1.165) is 5.56 Å². The molecule has 26 heavy (non-hydrogen) atoms. The van der Waals surface area contributed by atoms with Crippen molar-refractivity contribution in [2.45, 2.75) is 20.0 Å². The summed E-state index contributed by atoms with van der Waals surface area (Å²) in [4.78, 5) is 24.1. The van der Waals surface area contributed by atoms with Gasteiger partial charge in [0.1, 0.15) is 11.5 Å².